The number of aliphatic hydroxyl groups excluding tert-OH is 5. The third-order valence-corrected chi connectivity index (χ3v) is 7.72. The maximum Gasteiger partial charge on any atom is 0.252 e. The summed E-state index contributed by atoms with van der Waals surface area (Å²) in [5, 5.41) is 51.8. The zero-order valence-corrected chi connectivity index (χ0v) is 26.5. The normalized spacial score (nSPS) is 28.7. The van der Waals surface area contributed by atoms with Crippen LogP contribution in [-0.4, -0.2) is 120 Å². The van der Waals surface area contributed by atoms with Crippen molar-refractivity contribution in [2.24, 2.45) is 0 Å². The monoisotopic (exact) mass is 827 g/mol. The molecule has 2 aliphatic rings. The number of halogens is 2. The Bertz CT molecular complexity index is 1640. The third kappa shape index (κ3) is 5.91. The topological polar surface area (TPSA) is 288 Å². The quantitative estimate of drug-likeness (QED) is 0.0756. The molecule has 0 aliphatic carbocycles. The highest BCUT2D eigenvalue weighted by molar-refractivity contribution is 14.1. The Morgan fingerprint density at radius 3 is 1.81 bits per heavy atom. The molecule has 232 valence electrons. The molecule has 1 amide bonds. The third-order valence-electron chi connectivity index (χ3n) is 6.76. The Labute approximate surface area is 268 Å². The van der Waals surface area contributed by atoms with Gasteiger partial charge in [0.25, 0.3) is 5.91 Å². The molecule has 4 aromatic heterocycles. The zero-order chi connectivity index (χ0) is 31.2. The molecule has 6 heterocycles. The van der Waals surface area contributed by atoms with Gasteiger partial charge in [-0.3, -0.25) is 13.9 Å². The van der Waals surface area contributed by atoms with Gasteiger partial charge in [-0.25, -0.2) is 29.9 Å². The minimum absolute atomic E-state index is 0.200. The Morgan fingerprint density at radius 2 is 1.35 bits per heavy atom. The number of fused-ring (bicyclic) bond motifs is 2. The predicted molar refractivity (Wildman–Crippen MR) is 163 cm³/mol. The van der Waals surface area contributed by atoms with Gasteiger partial charge in [-0.05, 0) is 6.92 Å². The number of imidazole rings is 2. The van der Waals surface area contributed by atoms with Crippen LogP contribution in [0.3, 0.4) is 0 Å². The lowest BCUT2D eigenvalue weighted by molar-refractivity contribution is -0.137. The Hall–Kier alpha value is -2.65. The number of rotatable bonds is 5. The molecule has 2 aliphatic heterocycles. The van der Waals surface area contributed by atoms with Gasteiger partial charge < -0.3 is 51.8 Å². The number of nitrogen functional groups attached to an aromatic ring is 2. The average Bonchev–Trinajstić information content (AvgIpc) is 3.71. The fraction of sp³-hybridized carbons (Fsp3) is 0.500. The molecule has 0 saturated carbocycles. The fourth-order valence-electron chi connectivity index (χ4n) is 4.68. The lowest BCUT2D eigenvalue weighted by Crippen LogP contribution is -2.42. The lowest BCUT2D eigenvalue weighted by atomic mass is 10.1. The number of hydrogen-bond acceptors (Lipinski definition) is 16. The van der Waals surface area contributed by atoms with Gasteiger partial charge in [0, 0.05) is 51.7 Å². The molecule has 0 aromatic carbocycles. The van der Waals surface area contributed by atoms with Gasteiger partial charge in [-0.2, -0.15) is 0 Å². The van der Waals surface area contributed by atoms with Crippen LogP contribution in [0, 0.1) is 7.66 Å². The van der Waals surface area contributed by atoms with E-state index in [1.54, 1.807) is 6.92 Å². The second kappa shape index (κ2) is 12.8. The molecular weight excluding hydrogens is 800 g/mol. The average molecular weight is 827 g/mol. The van der Waals surface area contributed by atoms with Gasteiger partial charge >= 0.3 is 0 Å². The maximum absolute atomic E-state index is 11.9. The van der Waals surface area contributed by atoms with Crippen LogP contribution in [-0.2, 0) is 14.3 Å². The van der Waals surface area contributed by atoms with Crippen LogP contribution in [0.1, 0.15) is 19.4 Å². The number of hydrogen-bond donors (Lipinski definition) is 8. The first-order valence-electron chi connectivity index (χ1n) is 12.7. The van der Waals surface area contributed by atoms with E-state index in [0.717, 1.165) is 0 Å². The summed E-state index contributed by atoms with van der Waals surface area (Å²) in [7, 11) is 0. The molecule has 21 heteroatoms. The molecule has 4 aromatic rings. The summed E-state index contributed by atoms with van der Waals surface area (Å²) in [5.41, 5.74) is 13.1. The number of carbonyl (C=O) groups excluding carboxylic acids is 1. The van der Waals surface area contributed by atoms with Crippen molar-refractivity contribution in [3.63, 3.8) is 0 Å². The highest BCUT2D eigenvalue weighted by atomic mass is 127. The minimum atomic E-state index is -1.36. The van der Waals surface area contributed by atoms with Crippen LogP contribution < -0.4 is 16.8 Å². The number of amides is 1. The SMILES string of the molecule is CCNC(=O)C1OC(n2cnc3c(N)nc(I)nc32)C(O)C1O.Nc1nc(I)nc2c1ncn2[C@@H]1O[C@H](CO)[C@@H](O)[C@H]1O. The van der Waals surface area contributed by atoms with Gasteiger partial charge in [0.2, 0.25) is 0 Å². The van der Waals surface area contributed by atoms with E-state index in [2.05, 4.69) is 35.2 Å². The van der Waals surface area contributed by atoms with Crippen molar-refractivity contribution in [3.8, 4) is 0 Å². The first-order chi connectivity index (χ1) is 20.5. The highest BCUT2D eigenvalue weighted by Crippen LogP contribution is 2.33. The Kier molecular flexibility index (Phi) is 9.42. The Balaban J connectivity index is 0.000000173. The molecule has 8 atom stereocenters. The summed E-state index contributed by atoms with van der Waals surface area (Å²) in [6, 6.07) is 0. The molecule has 2 saturated heterocycles. The molecule has 10 N–H and O–H groups in total. The van der Waals surface area contributed by atoms with Gasteiger partial charge in [0.15, 0.2) is 49.2 Å². The van der Waals surface area contributed by atoms with E-state index in [4.69, 9.17) is 26.0 Å². The maximum atomic E-state index is 11.9. The molecule has 4 unspecified atom stereocenters. The minimum Gasteiger partial charge on any atom is -0.394 e. The smallest absolute Gasteiger partial charge is 0.252 e. The summed E-state index contributed by atoms with van der Waals surface area (Å²) >= 11 is 3.82. The van der Waals surface area contributed by atoms with Crippen LogP contribution in [0.2, 0.25) is 0 Å². The second-order valence-corrected chi connectivity index (χ2v) is 11.4. The molecule has 0 bridgehead atoms. The number of ether oxygens (including phenoxy) is 2. The molecule has 0 radical (unpaired) electrons. The van der Waals surface area contributed by atoms with Crippen molar-refractivity contribution in [2.45, 2.75) is 56.0 Å². The molecule has 2 fully saturated rings. The number of nitrogens with zero attached hydrogens (tertiary/aromatic N) is 8. The van der Waals surface area contributed by atoms with Crippen molar-refractivity contribution in [3.05, 3.63) is 20.3 Å². The van der Waals surface area contributed by atoms with E-state index in [-0.39, 0.29) is 11.6 Å². The van der Waals surface area contributed by atoms with Gasteiger partial charge in [-0.1, -0.05) is 0 Å². The molecule has 43 heavy (non-hydrogen) atoms. The summed E-state index contributed by atoms with van der Waals surface area (Å²) in [6.07, 6.45) is -6.19. The van der Waals surface area contributed by atoms with Crippen molar-refractivity contribution < 1.29 is 39.8 Å². The van der Waals surface area contributed by atoms with Crippen LogP contribution in [0.5, 0.6) is 0 Å². The van der Waals surface area contributed by atoms with E-state index in [9.17, 15) is 25.2 Å². The number of nitrogens with two attached hydrogens (primary N) is 2. The lowest BCUT2D eigenvalue weighted by Gasteiger charge is -2.16. The highest BCUT2D eigenvalue weighted by Gasteiger charge is 2.48. The molecule has 19 nitrogen and oxygen atoms in total. The molecule has 6 rings (SSSR count). The first kappa shape index (κ1) is 31.8. The Morgan fingerprint density at radius 1 is 0.860 bits per heavy atom. The van der Waals surface area contributed by atoms with E-state index >= 15 is 0 Å². The van der Waals surface area contributed by atoms with Crippen LogP contribution >= 0.6 is 45.2 Å². The van der Waals surface area contributed by atoms with Gasteiger partial charge in [0.05, 0.1) is 19.3 Å². The number of likely N-dealkylation sites (N-methyl/N-ethyl adjacent to an activating group) is 1. The summed E-state index contributed by atoms with van der Waals surface area (Å²) in [6.45, 7) is 1.75. The van der Waals surface area contributed by atoms with Crippen LogP contribution in [0.15, 0.2) is 12.7 Å². The predicted octanol–water partition coefficient (Wildman–Crippen LogP) is -2.61. The van der Waals surface area contributed by atoms with Crippen molar-refractivity contribution in [1.29, 1.82) is 0 Å². The van der Waals surface area contributed by atoms with Crippen molar-refractivity contribution in [1.82, 2.24) is 44.4 Å². The van der Waals surface area contributed by atoms with E-state index < -0.39 is 61.6 Å². The van der Waals surface area contributed by atoms with Crippen molar-refractivity contribution >= 4 is 85.1 Å². The van der Waals surface area contributed by atoms with Gasteiger partial charge in [0.1, 0.15) is 41.6 Å². The number of aliphatic hydroxyl groups is 5. The number of carbonyl (C=O) groups is 1. The number of anilines is 2. The zero-order valence-electron chi connectivity index (χ0n) is 22.1. The summed E-state index contributed by atoms with van der Waals surface area (Å²) in [5.74, 6) is -0.0638. The molecule has 0 spiro atoms. The van der Waals surface area contributed by atoms with Crippen molar-refractivity contribution in [2.75, 3.05) is 24.6 Å². The van der Waals surface area contributed by atoms with E-state index in [1.807, 2.05) is 45.2 Å². The summed E-state index contributed by atoms with van der Waals surface area (Å²) in [4.78, 5) is 36.5. The standard InChI is InChI=1S/C12H15IN6O4.C10H12IN5O4/c1-2-15-10(22)7-5(20)6(21)11(23-7)19-3-16-4-8(14)17-12(13)18-9(4)19;11-10-14-7(12)4-8(15-10)16(2-13-4)9-6(19)5(18)3(1-17)20-9/h3,5-7,11,20-21H,2H2,1H3,(H,15,22)(H2,14,17,18);2-3,5-6,9,17-19H,1H2,(H2,12,14,15)/t;3-,5-,6-,9-/m.1/s1. The fourth-order valence-corrected chi connectivity index (χ4v) is 5.66. The summed E-state index contributed by atoms with van der Waals surface area (Å²) < 4.78 is 14.7. The van der Waals surface area contributed by atoms with E-state index in [0.29, 0.717) is 36.5 Å². The van der Waals surface area contributed by atoms with Crippen LogP contribution in [0.25, 0.3) is 22.3 Å². The van der Waals surface area contributed by atoms with Crippen LogP contribution in [0.4, 0.5) is 11.6 Å². The largest absolute Gasteiger partial charge is 0.394 e. The molecular formula is C22H27I2N11O8. The van der Waals surface area contributed by atoms with Gasteiger partial charge in [-0.15, -0.1) is 0 Å². The van der Waals surface area contributed by atoms with E-state index in [1.165, 1.54) is 21.8 Å². The number of aromatic nitrogens is 8. The second-order valence-electron chi connectivity index (χ2n) is 9.46. The first-order valence-corrected chi connectivity index (χ1v) is 14.8. The number of nitrogens with one attached hydrogen (secondary N) is 1.